The van der Waals surface area contributed by atoms with Gasteiger partial charge >= 0.3 is 0 Å². The second-order valence-electron chi connectivity index (χ2n) is 3.56. The number of benzene rings is 1. The maximum Gasteiger partial charge on any atom is 0.241 e. The van der Waals surface area contributed by atoms with E-state index in [0.29, 0.717) is 22.1 Å². The van der Waals surface area contributed by atoms with Crippen molar-refractivity contribution in [1.29, 1.82) is 0 Å². The van der Waals surface area contributed by atoms with Gasteiger partial charge in [0.25, 0.3) is 0 Å². The number of hydrogen-bond acceptors (Lipinski definition) is 4. The fraction of sp³-hybridized carbons (Fsp3) is 0.167. The maximum atomic E-state index is 13.3. The van der Waals surface area contributed by atoms with E-state index in [-0.39, 0.29) is 17.6 Å². The zero-order chi connectivity index (χ0) is 13.8. The van der Waals surface area contributed by atoms with Crippen molar-refractivity contribution in [2.24, 2.45) is 0 Å². The third-order valence-corrected chi connectivity index (χ3v) is 3.31. The van der Waals surface area contributed by atoms with Crippen LogP contribution < -0.4 is 10.1 Å². The standard InChI is InChI=1S/C12H10ClFN2O2S/c1-18-10-3-2-7(14)4-8(10)9-6-19-12(15-9)16-11(17)5-13/h2-4,6H,5H2,1H3,(H,15,16,17). The van der Waals surface area contributed by atoms with E-state index in [4.69, 9.17) is 16.3 Å². The lowest BCUT2D eigenvalue weighted by Gasteiger charge is -2.05. The van der Waals surface area contributed by atoms with E-state index in [1.807, 2.05) is 0 Å². The third kappa shape index (κ3) is 3.21. The molecule has 0 saturated carbocycles. The molecule has 0 aliphatic rings. The van der Waals surface area contributed by atoms with Crippen LogP contribution >= 0.6 is 22.9 Å². The number of aromatic nitrogens is 1. The summed E-state index contributed by atoms with van der Waals surface area (Å²) in [6.07, 6.45) is 0. The summed E-state index contributed by atoms with van der Waals surface area (Å²) in [4.78, 5) is 15.3. The normalized spacial score (nSPS) is 10.3. The molecular weight excluding hydrogens is 291 g/mol. The molecule has 0 fully saturated rings. The van der Waals surface area contributed by atoms with Crippen molar-refractivity contribution < 1.29 is 13.9 Å². The van der Waals surface area contributed by atoms with Gasteiger partial charge in [-0.2, -0.15) is 0 Å². The van der Waals surface area contributed by atoms with Crippen molar-refractivity contribution in [3.8, 4) is 17.0 Å². The van der Waals surface area contributed by atoms with Gasteiger partial charge in [-0.3, -0.25) is 4.79 Å². The van der Waals surface area contributed by atoms with E-state index in [9.17, 15) is 9.18 Å². The molecule has 7 heteroatoms. The predicted octanol–water partition coefficient (Wildman–Crippen LogP) is 3.14. The molecule has 0 unspecified atom stereocenters. The molecular formula is C12H10ClFN2O2S. The number of carbonyl (C=O) groups excluding carboxylic acids is 1. The van der Waals surface area contributed by atoms with Crippen LogP contribution in [0.15, 0.2) is 23.6 Å². The van der Waals surface area contributed by atoms with Gasteiger partial charge in [0.2, 0.25) is 5.91 Å². The number of halogens is 2. The minimum Gasteiger partial charge on any atom is -0.496 e. The number of ether oxygens (including phenoxy) is 1. The van der Waals surface area contributed by atoms with E-state index < -0.39 is 0 Å². The number of carbonyl (C=O) groups is 1. The molecule has 1 aromatic heterocycles. The highest BCUT2D eigenvalue weighted by molar-refractivity contribution is 7.14. The lowest BCUT2D eigenvalue weighted by Crippen LogP contribution is -2.12. The average molecular weight is 301 g/mol. The van der Waals surface area contributed by atoms with Gasteiger partial charge in [0.05, 0.1) is 12.8 Å². The third-order valence-electron chi connectivity index (χ3n) is 2.31. The van der Waals surface area contributed by atoms with Crippen LogP contribution in [0.3, 0.4) is 0 Å². The maximum absolute atomic E-state index is 13.3. The summed E-state index contributed by atoms with van der Waals surface area (Å²) >= 11 is 6.62. The van der Waals surface area contributed by atoms with E-state index in [1.54, 1.807) is 5.38 Å². The number of methoxy groups -OCH3 is 1. The Kier molecular flexibility index (Phi) is 4.34. The Morgan fingerprint density at radius 3 is 3.05 bits per heavy atom. The fourth-order valence-corrected chi connectivity index (χ4v) is 2.28. The van der Waals surface area contributed by atoms with E-state index in [1.165, 1.54) is 36.6 Å². The van der Waals surface area contributed by atoms with E-state index in [2.05, 4.69) is 10.3 Å². The van der Waals surface area contributed by atoms with Gasteiger partial charge in [0, 0.05) is 10.9 Å². The zero-order valence-corrected chi connectivity index (χ0v) is 11.5. The molecule has 0 atom stereocenters. The Labute approximate surface area is 118 Å². The van der Waals surface area contributed by atoms with Crippen molar-refractivity contribution in [1.82, 2.24) is 4.98 Å². The number of nitrogens with zero attached hydrogens (tertiary/aromatic N) is 1. The van der Waals surface area contributed by atoms with E-state index in [0.717, 1.165) is 0 Å². The van der Waals surface area contributed by atoms with Crippen LogP contribution in [0.1, 0.15) is 0 Å². The fourth-order valence-electron chi connectivity index (χ4n) is 1.49. The first-order chi connectivity index (χ1) is 9.13. The summed E-state index contributed by atoms with van der Waals surface area (Å²) in [5.74, 6) is -0.344. The molecule has 0 aliphatic carbocycles. The highest BCUT2D eigenvalue weighted by Crippen LogP contribution is 2.32. The number of nitrogens with one attached hydrogen (secondary N) is 1. The molecule has 1 heterocycles. The quantitative estimate of drug-likeness (QED) is 0.883. The van der Waals surface area contributed by atoms with E-state index >= 15 is 0 Å². The second kappa shape index (κ2) is 5.99. The first-order valence-corrected chi connectivity index (χ1v) is 6.70. The molecule has 2 aromatic rings. The highest BCUT2D eigenvalue weighted by Gasteiger charge is 2.12. The molecule has 0 bridgehead atoms. The molecule has 1 N–H and O–H groups in total. The van der Waals surface area contributed by atoms with Crippen molar-refractivity contribution in [2.75, 3.05) is 18.3 Å². The van der Waals surface area contributed by atoms with Crippen LogP contribution in [0.5, 0.6) is 5.75 Å². The monoisotopic (exact) mass is 300 g/mol. The summed E-state index contributed by atoms with van der Waals surface area (Å²) in [6, 6.07) is 4.17. The van der Waals surface area contributed by atoms with Crippen LogP contribution in [0.25, 0.3) is 11.3 Å². The number of amides is 1. The summed E-state index contributed by atoms with van der Waals surface area (Å²) in [5.41, 5.74) is 1.07. The number of alkyl halides is 1. The largest absolute Gasteiger partial charge is 0.496 e. The molecule has 2 rings (SSSR count). The summed E-state index contributed by atoms with van der Waals surface area (Å²) in [7, 11) is 1.50. The highest BCUT2D eigenvalue weighted by atomic mass is 35.5. The van der Waals surface area contributed by atoms with Crippen molar-refractivity contribution >= 4 is 34.0 Å². The molecule has 4 nitrogen and oxygen atoms in total. The Morgan fingerprint density at radius 2 is 2.37 bits per heavy atom. The number of hydrogen-bond donors (Lipinski definition) is 1. The molecule has 0 radical (unpaired) electrons. The van der Waals surface area contributed by atoms with Crippen LogP contribution in [0.2, 0.25) is 0 Å². The Hall–Kier alpha value is -1.66. The smallest absolute Gasteiger partial charge is 0.241 e. The number of rotatable bonds is 4. The van der Waals surface area contributed by atoms with Gasteiger partial charge in [0.15, 0.2) is 5.13 Å². The zero-order valence-electron chi connectivity index (χ0n) is 9.94. The minimum absolute atomic E-state index is 0.141. The molecule has 19 heavy (non-hydrogen) atoms. The van der Waals surface area contributed by atoms with Crippen molar-refractivity contribution in [3.05, 3.63) is 29.4 Å². The lowest BCUT2D eigenvalue weighted by molar-refractivity contribution is -0.113. The summed E-state index contributed by atoms with van der Waals surface area (Å²) in [6.45, 7) is 0. The van der Waals surface area contributed by atoms with Gasteiger partial charge in [-0.05, 0) is 18.2 Å². The molecule has 100 valence electrons. The van der Waals surface area contributed by atoms with Gasteiger partial charge in [-0.15, -0.1) is 22.9 Å². The summed E-state index contributed by atoms with van der Waals surface area (Å²) < 4.78 is 18.4. The topological polar surface area (TPSA) is 51.2 Å². The first-order valence-electron chi connectivity index (χ1n) is 5.29. The van der Waals surface area contributed by atoms with Crippen molar-refractivity contribution in [3.63, 3.8) is 0 Å². The van der Waals surface area contributed by atoms with Gasteiger partial charge in [0.1, 0.15) is 17.4 Å². The molecule has 1 aromatic carbocycles. The predicted molar refractivity (Wildman–Crippen MR) is 73.4 cm³/mol. The second-order valence-corrected chi connectivity index (χ2v) is 4.69. The first kappa shape index (κ1) is 13.8. The van der Waals surface area contributed by atoms with Gasteiger partial charge in [-0.25, -0.2) is 9.37 Å². The van der Waals surface area contributed by atoms with Gasteiger partial charge in [-0.1, -0.05) is 0 Å². The minimum atomic E-state index is -0.379. The Balaban J connectivity index is 2.32. The SMILES string of the molecule is COc1ccc(F)cc1-c1csc(NC(=O)CCl)n1. The van der Waals surface area contributed by atoms with Crippen LogP contribution in [-0.2, 0) is 4.79 Å². The molecule has 1 amide bonds. The van der Waals surface area contributed by atoms with Crippen LogP contribution in [-0.4, -0.2) is 23.9 Å². The Bertz CT molecular complexity index is 603. The van der Waals surface area contributed by atoms with Gasteiger partial charge < -0.3 is 10.1 Å². The Morgan fingerprint density at radius 1 is 1.58 bits per heavy atom. The number of thiazole rings is 1. The lowest BCUT2D eigenvalue weighted by atomic mass is 10.1. The molecule has 0 spiro atoms. The average Bonchev–Trinajstić information content (AvgIpc) is 2.86. The van der Waals surface area contributed by atoms with Crippen LogP contribution in [0.4, 0.5) is 9.52 Å². The number of anilines is 1. The molecule has 0 saturated heterocycles. The van der Waals surface area contributed by atoms with Crippen LogP contribution in [0, 0.1) is 5.82 Å². The van der Waals surface area contributed by atoms with Crippen molar-refractivity contribution in [2.45, 2.75) is 0 Å². The molecule has 0 aliphatic heterocycles. The summed E-state index contributed by atoms with van der Waals surface area (Å²) in [5, 5.41) is 4.65.